The van der Waals surface area contributed by atoms with E-state index in [1.54, 1.807) is 18.0 Å². The summed E-state index contributed by atoms with van der Waals surface area (Å²) in [6, 6.07) is 5.58. The van der Waals surface area contributed by atoms with Gasteiger partial charge < -0.3 is 10.2 Å². The topological polar surface area (TPSA) is 49.4 Å². The minimum Gasteiger partial charge on any atom is -0.350 e. The van der Waals surface area contributed by atoms with Gasteiger partial charge in [0.2, 0.25) is 5.91 Å². The highest BCUT2D eigenvalue weighted by molar-refractivity contribution is 6.03. The van der Waals surface area contributed by atoms with Crippen LogP contribution in [0.15, 0.2) is 18.2 Å². The second kappa shape index (κ2) is 4.80. The zero-order chi connectivity index (χ0) is 13.3. The molecule has 0 aromatic heterocycles. The zero-order valence-electron chi connectivity index (χ0n) is 11.0. The Labute approximate surface area is 107 Å². The smallest absolute Gasteiger partial charge is 0.251 e. The van der Waals surface area contributed by atoms with Crippen LogP contribution in [0, 0.1) is 0 Å². The summed E-state index contributed by atoms with van der Waals surface area (Å²) in [4.78, 5) is 25.2. The molecule has 1 N–H and O–H groups in total. The second-order valence-corrected chi connectivity index (χ2v) is 4.76. The molecule has 2 amide bonds. The number of rotatable bonds is 3. The van der Waals surface area contributed by atoms with E-state index in [4.69, 9.17) is 0 Å². The number of carbonyl (C=O) groups is 2. The lowest BCUT2D eigenvalue weighted by molar-refractivity contribution is -0.117. The van der Waals surface area contributed by atoms with Gasteiger partial charge in [0.05, 0.1) is 6.42 Å². The van der Waals surface area contributed by atoms with Crippen molar-refractivity contribution in [3.05, 3.63) is 29.3 Å². The lowest BCUT2D eigenvalue weighted by Crippen LogP contribution is -2.31. The number of likely N-dealkylation sites (N-methyl/N-ethyl adjacent to an activating group) is 1. The maximum Gasteiger partial charge on any atom is 0.251 e. The van der Waals surface area contributed by atoms with Crippen molar-refractivity contribution in [2.24, 2.45) is 0 Å². The molecule has 96 valence electrons. The van der Waals surface area contributed by atoms with E-state index in [-0.39, 0.29) is 17.9 Å². The molecule has 1 aliphatic heterocycles. The van der Waals surface area contributed by atoms with Gasteiger partial charge in [-0.2, -0.15) is 0 Å². The molecule has 0 saturated carbocycles. The number of hydrogen-bond donors (Lipinski definition) is 1. The molecule has 0 unspecified atom stereocenters. The van der Waals surface area contributed by atoms with E-state index in [9.17, 15) is 9.59 Å². The van der Waals surface area contributed by atoms with Crippen LogP contribution in [0.4, 0.5) is 5.69 Å². The SMILES string of the molecule is CC[C@@H](C)NC(=O)c1ccc2c(c1)CC(=O)N2C. The third-order valence-corrected chi connectivity index (χ3v) is 3.41. The Kier molecular flexibility index (Phi) is 3.36. The normalized spacial score (nSPS) is 15.5. The highest BCUT2D eigenvalue weighted by Crippen LogP contribution is 2.28. The van der Waals surface area contributed by atoms with Crippen molar-refractivity contribution >= 4 is 17.5 Å². The largest absolute Gasteiger partial charge is 0.350 e. The van der Waals surface area contributed by atoms with E-state index in [0.29, 0.717) is 12.0 Å². The lowest BCUT2D eigenvalue weighted by atomic mass is 10.1. The van der Waals surface area contributed by atoms with Gasteiger partial charge in [0, 0.05) is 24.3 Å². The Morgan fingerprint density at radius 2 is 2.22 bits per heavy atom. The molecule has 0 saturated heterocycles. The minimum absolute atomic E-state index is 0.0736. The number of hydrogen-bond acceptors (Lipinski definition) is 2. The first kappa shape index (κ1) is 12.6. The molecular formula is C14H18N2O2. The lowest BCUT2D eigenvalue weighted by Gasteiger charge is -2.13. The van der Waals surface area contributed by atoms with Gasteiger partial charge in [-0.3, -0.25) is 9.59 Å². The average Bonchev–Trinajstić information content (AvgIpc) is 2.64. The third kappa shape index (κ3) is 2.23. The molecule has 4 heteroatoms. The van der Waals surface area contributed by atoms with Crippen LogP contribution >= 0.6 is 0 Å². The first-order valence-electron chi connectivity index (χ1n) is 6.23. The fourth-order valence-electron chi connectivity index (χ4n) is 2.02. The fraction of sp³-hybridized carbons (Fsp3) is 0.429. The summed E-state index contributed by atoms with van der Waals surface area (Å²) in [5.74, 6) is -0.00126. The van der Waals surface area contributed by atoms with Gasteiger partial charge in [-0.15, -0.1) is 0 Å². The van der Waals surface area contributed by atoms with Gasteiger partial charge in [0.1, 0.15) is 0 Å². The quantitative estimate of drug-likeness (QED) is 0.883. The number of carbonyl (C=O) groups excluding carboxylic acids is 2. The maximum atomic E-state index is 12.0. The van der Waals surface area contributed by atoms with Crippen LogP contribution in [-0.4, -0.2) is 24.9 Å². The summed E-state index contributed by atoms with van der Waals surface area (Å²) in [7, 11) is 1.76. The number of anilines is 1. The molecule has 1 aromatic carbocycles. The summed E-state index contributed by atoms with van der Waals surface area (Å²) in [5.41, 5.74) is 2.46. The predicted molar refractivity (Wildman–Crippen MR) is 70.8 cm³/mol. The van der Waals surface area contributed by atoms with Crippen molar-refractivity contribution in [2.45, 2.75) is 32.7 Å². The van der Waals surface area contributed by atoms with Crippen molar-refractivity contribution in [1.82, 2.24) is 5.32 Å². The van der Waals surface area contributed by atoms with Crippen LogP contribution in [0.1, 0.15) is 36.2 Å². The summed E-state index contributed by atoms with van der Waals surface area (Å²) in [6.07, 6.45) is 1.29. The average molecular weight is 246 g/mol. The summed E-state index contributed by atoms with van der Waals surface area (Å²) >= 11 is 0. The van der Waals surface area contributed by atoms with E-state index in [1.807, 2.05) is 26.0 Å². The van der Waals surface area contributed by atoms with Gasteiger partial charge in [-0.25, -0.2) is 0 Å². The van der Waals surface area contributed by atoms with E-state index in [2.05, 4.69) is 5.32 Å². The van der Waals surface area contributed by atoms with Crippen molar-refractivity contribution in [2.75, 3.05) is 11.9 Å². The monoisotopic (exact) mass is 246 g/mol. The summed E-state index contributed by atoms with van der Waals surface area (Å²) in [5, 5.41) is 2.92. The van der Waals surface area contributed by atoms with Crippen molar-refractivity contribution in [1.29, 1.82) is 0 Å². The molecule has 1 atom stereocenters. The molecule has 18 heavy (non-hydrogen) atoms. The first-order valence-corrected chi connectivity index (χ1v) is 6.23. The predicted octanol–water partition coefficient (Wildman–Crippen LogP) is 1.73. The Bertz CT molecular complexity index is 497. The molecule has 1 aliphatic rings. The van der Waals surface area contributed by atoms with Crippen molar-refractivity contribution < 1.29 is 9.59 Å². The molecule has 0 fully saturated rings. The number of amides is 2. The first-order chi connectivity index (χ1) is 8.52. The highest BCUT2D eigenvalue weighted by Gasteiger charge is 2.24. The molecular weight excluding hydrogens is 228 g/mol. The van der Waals surface area contributed by atoms with Crippen molar-refractivity contribution in [3.63, 3.8) is 0 Å². The minimum atomic E-state index is -0.0749. The van der Waals surface area contributed by atoms with Crippen LogP contribution in [-0.2, 0) is 11.2 Å². The van der Waals surface area contributed by atoms with Gasteiger partial charge in [-0.1, -0.05) is 6.92 Å². The van der Waals surface area contributed by atoms with Crippen LogP contribution in [0.5, 0.6) is 0 Å². The standard InChI is InChI=1S/C14H18N2O2/c1-4-9(2)15-14(18)10-5-6-12-11(7-10)8-13(17)16(12)3/h5-7,9H,4,8H2,1-3H3,(H,15,18)/t9-/m1/s1. The number of benzene rings is 1. The van der Waals surface area contributed by atoms with E-state index in [1.165, 1.54) is 0 Å². The van der Waals surface area contributed by atoms with Crippen LogP contribution in [0.25, 0.3) is 0 Å². The molecule has 0 aliphatic carbocycles. The highest BCUT2D eigenvalue weighted by atomic mass is 16.2. The van der Waals surface area contributed by atoms with E-state index in [0.717, 1.165) is 17.7 Å². The molecule has 2 rings (SSSR count). The van der Waals surface area contributed by atoms with Crippen LogP contribution in [0.3, 0.4) is 0 Å². The molecule has 1 heterocycles. The molecule has 0 spiro atoms. The Morgan fingerprint density at radius 1 is 1.50 bits per heavy atom. The Hall–Kier alpha value is -1.84. The van der Waals surface area contributed by atoms with Gasteiger partial charge in [0.15, 0.2) is 0 Å². The third-order valence-electron chi connectivity index (χ3n) is 3.41. The molecule has 0 radical (unpaired) electrons. The van der Waals surface area contributed by atoms with E-state index >= 15 is 0 Å². The molecule has 0 bridgehead atoms. The van der Waals surface area contributed by atoms with E-state index < -0.39 is 0 Å². The summed E-state index contributed by atoms with van der Waals surface area (Å²) < 4.78 is 0. The van der Waals surface area contributed by atoms with Crippen molar-refractivity contribution in [3.8, 4) is 0 Å². The van der Waals surface area contributed by atoms with Gasteiger partial charge >= 0.3 is 0 Å². The number of nitrogens with zero attached hydrogens (tertiary/aromatic N) is 1. The number of fused-ring (bicyclic) bond motifs is 1. The molecule has 1 aromatic rings. The van der Waals surface area contributed by atoms with Crippen LogP contribution in [0.2, 0.25) is 0 Å². The fourth-order valence-corrected chi connectivity index (χ4v) is 2.02. The van der Waals surface area contributed by atoms with Gasteiger partial charge in [-0.05, 0) is 37.1 Å². The Balaban J connectivity index is 2.20. The Morgan fingerprint density at radius 3 is 2.89 bits per heavy atom. The number of nitrogens with one attached hydrogen (secondary N) is 1. The van der Waals surface area contributed by atoms with Crippen LogP contribution < -0.4 is 10.2 Å². The van der Waals surface area contributed by atoms with Gasteiger partial charge in [0.25, 0.3) is 5.91 Å². The maximum absolute atomic E-state index is 12.0. The zero-order valence-corrected chi connectivity index (χ0v) is 11.0. The molecule has 4 nitrogen and oxygen atoms in total. The second-order valence-electron chi connectivity index (χ2n) is 4.76. The summed E-state index contributed by atoms with van der Waals surface area (Å²) in [6.45, 7) is 4.00.